The van der Waals surface area contributed by atoms with Crippen molar-refractivity contribution < 1.29 is 19.1 Å². The lowest BCUT2D eigenvalue weighted by Gasteiger charge is -2.31. The highest BCUT2D eigenvalue weighted by molar-refractivity contribution is 7.17. The first-order valence-corrected chi connectivity index (χ1v) is 12.7. The van der Waals surface area contributed by atoms with E-state index >= 15 is 0 Å². The highest BCUT2D eigenvalue weighted by Gasteiger charge is 2.40. The lowest BCUT2D eigenvalue weighted by atomic mass is 9.70. The van der Waals surface area contributed by atoms with Gasteiger partial charge in [-0.2, -0.15) is 5.26 Å². The molecule has 0 spiro atoms. The number of nitrogens with zero attached hydrogens (tertiary/aromatic N) is 1. The predicted molar refractivity (Wildman–Crippen MR) is 136 cm³/mol. The molecule has 1 aliphatic rings. The lowest BCUT2D eigenvalue weighted by Crippen LogP contribution is -2.31. The van der Waals surface area contributed by atoms with E-state index in [4.69, 9.17) is 9.47 Å². The zero-order valence-corrected chi connectivity index (χ0v) is 20.7. The van der Waals surface area contributed by atoms with Crippen molar-refractivity contribution in [3.8, 4) is 11.8 Å². The maximum atomic E-state index is 13.0. The van der Waals surface area contributed by atoms with Crippen molar-refractivity contribution in [2.45, 2.75) is 44.9 Å². The Hall–Kier alpha value is -3.63. The molecule has 180 valence electrons. The summed E-state index contributed by atoms with van der Waals surface area (Å²) in [5.74, 6) is -0.0606. The maximum absolute atomic E-state index is 13.0. The first kappa shape index (κ1) is 24.5. The van der Waals surface area contributed by atoms with Crippen LogP contribution in [0.15, 0.2) is 54.6 Å². The number of nitriles is 1. The summed E-state index contributed by atoms with van der Waals surface area (Å²) in [4.78, 5) is 26.9. The van der Waals surface area contributed by atoms with Crippen molar-refractivity contribution in [2.24, 2.45) is 0 Å². The zero-order chi connectivity index (χ0) is 24.8. The average Bonchev–Trinajstić information content (AvgIpc) is 3.24. The summed E-state index contributed by atoms with van der Waals surface area (Å²) in [6.45, 7) is 4.64. The van der Waals surface area contributed by atoms with E-state index in [-0.39, 0.29) is 12.5 Å². The number of fused-ring (bicyclic) bond motifs is 1. The molecule has 6 nitrogen and oxygen atoms in total. The highest BCUT2D eigenvalue weighted by atomic mass is 32.1. The number of rotatable bonds is 8. The minimum absolute atomic E-state index is 0.238. The monoisotopic (exact) mass is 488 g/mol. The number of esters is 1. The fourth-order valence-corrected chi connectivity index (χ4v) is 5.73. The van der Waals surface area contributed by atoms with Gasteiger partial charge in [0.1, 0.15) is 10.8 Å². The third kappa shape index (κ3) is 5.08. The molecule has 0 saturated heterocycles. The van der Waals surface area contributed by atoms with Gasteiger partial charge in [-0.25, -0.2) is 4.79 Å². The number of anilines is 1. The number of carbonyl (C=O) groups is 2. The van der Waals surface area contributed by atoms with Crippen LogP contribution < -0.4 is 10.1 Å². The number of nitrogens with one attached hydrogen (secondary N) is 1. The molecule has 0 aliphatic heterocycles. The van der Waals surface area contributed by atoms with Crippen LogP contribution in [0.2, 0.25) is 0 Å². The Morgan fingerprint density at radius 1 is 1.11 bits per heavy atom. The normalized spacial score (nSPS) is 16.6. The van der Waals surface area contributed by atoms with Crippen molar-refractivity contribution >= 4 is 28.2 Å². The van der Waals surface area contributed by atoms with Crippen LogP contribution in [-0.2, 0) is 23.0 Å². The SMILES string of the molecule is CCCOc1ccc(C(=O)Nc2sc3c(c2C(=O)OCC)CCC(C#N)(c2ccccc2)C3)cc1. The second kappa shape index (κ2) is 10.7. The molecule has 4 rings (SSSR count). The van der Waals surface area contributed by atoms with Crippen molar-refractivity contribution in [3.05, 3.63) is 81.7 Å². The fourth-order valence-electron chi connectivity index (χ4n) is 4.39. The van der Waals surface area contributed by atoms with Crippen LogP contribution in [0.3, 0.4) is 0 Å². The van der Waals surface area contributed by atoms with Crippen LogP contribution in [0.5, 0.6) is 5.75 Å². The molecular formula is C28H28N2O4S. The minimum Gasteiger partial charge on any atom is -0.494 e. The van der Waals surface area contributed by atoms with Crippen molar-refractivity contribution in [3.63, 3.8) is 0 Å². The summed E-state index contributed by atoms with van der Waals surface area (Å²) in [5, 5.41) is 13.5. The van der Waals surface area contributed by atoms with Gasteiger partial charge >= 0.3 is 5.97 Å². The van der Waals surface area contributed by atoms with Crippen LogP contribution in [0, 0.1) is 11.3 Å². The first-order chi connectivity index (χ1) is 17.0. The number of ether oxygens (including phenoxy) is 2. The van der Waals surface area contributed by atoms with Gasteiger partial charge in [0.2, 0.25) is 0 Å². The Morgan fingerprint density at radius 2 is 1.86 bits per heavy atom. The molecule has 7 heteroatoms. The Balaban J connectivity index is 1.64. The van der Waals surface area contributed by atoms with Crippen LogP contribution in [0.25, 0.3) is 0 Å². The van der Waals surface area contributed by atoms with Gasteiger partial charge in [-0.05, 0) is 61.6 Å². The van der Waals surface area contributed by atoms with Crippen LogP contribution in [-0.4, -0.2) is 25.1 Å². The zero-order valence-electron chi connectivity index (χ0n) is 19.9. The minimum atomic E-state index is -0.666. The molecule has 1 aliphatic carbocycles. The molecule has 2 aromatic carbocycles. The summed E-state index contributed by atoms with van der Waals surface area (Å²) < 4.78 is 10.9. The van der Waals surface area contributed by atoms with Crippen LogP contribution in [0.4, 0.5) is 5.00 Å². The van der Waals surface area contributed by atoms with Gasteiger partial charge in [0.15, 0.2) is 0 Å². The van der Waals surface area contributed by atoms with Crippen LogP contribution >= 0.6 is 11.3 Å². The summed E-state index contributed by atoms with van der Waals surface area (Å²) in [6, 6.07) is 19.2. The first-order valence-electron chi connectivity index (χ1n) is 11.8. The fraction of sp³-hybridized carbons (Fsp3) is 0.321. The standard InChI is InChI=1S/C28H28N2O4S/c1-3-16-34-21-12-10-19(11-13-21)25(31)30-26-24(27(32)33-4-2)22-14-15-28(18-29,17-23(22)35-26)20-8-6-5-7-9-20/h5-13H,3-4,14-17H2,1-2H3,(H,30,31). The second-order valence-electron chi connectivity index (χ2n) is 8.49. The van der Waals surface area contributed by atoms with E-state index in [1.54, 1.807) is 31.2 Å². The van der Waals surface area contributed by atoms with Gasteiger partial charge < -0.3 is 14.8 Å². The van der Waals surface area contributed by atoms with E-state index in [9.17, 15) is 14.9 Å². The molecule has 1 amide bonds. The van der Waals surface area contributed by atoms with E-state index < -0.39 is 11.4 Å². The molecule has 1 aromatic heterocycles. The molecule has 1 atom stereocenters. The van der Waals surface area contributed by atoms with Gasteiger partial charge in [0.05, 0.1) is 30.3 Å². The van der Waals surface area contributed by atoms with E-state index in [0.29, 0.717) is 47.7 Å². The van der Waals surface area contributed by atoms with Gasteiger partial charge in [-0.3, -0.25) is 4.79 Å². The van der Waals surface area contributed by atoms with E-state index in [1.165, 1.54) is 11.3 Å². The Labute approximate surface area is 209 Å². The number of thiophene rings is 1. The molecule has 0 bridgehead atoms. The largest absolute Gasteiger partial charge is 0.494 e. The van der Waals surface area contributed by atoms with E-state index in [0.717, 1.165) is 22.4 Å². The summed E-state index contributed by atoms with van der Waals surface area (Å²) in [7, 11) is 0. The molecule has 35 heavy (non-hydrogen) atoms. The molecule has 0 radical (unpaired) electrons. The number of benzene rings is 2. The number of amides is 1. The molecule has 1 unspecified atom stereocenters. The third-order valence-electron chi connectivity index (χ3n) is 6.19. The Bertz CT molecular complexity index is 1240. The quantitative estimate of drug-likeness (QED) is 0.398. The molecular weight excluding hydrogens is 460 g/mol. The molecule has 0 saturated carbocycles. The molecule has 0 fully saturated rings. The van der Waals surface area contributed by atoms with Gasteiger partial charge in [-0.1, -0.05) is 37.3 Å². The van der Waals surface area contributed by atoms with Crippen LogP contribution in [0.1, 0.15) is 63.4 Å². The Morgan fingerprint density at radius 3 is 2.51 bits per heavy atom. The summed E-state index contributed by atoms with van der Waals surface area (Å²) in [6.07, 6.45) is 2.54. The van der Waals surface area contributed by atoms with Crippen molar-refractivity contribution in [1.82, 2.24) is 0 Å². The third-order valence-corrected chi connectivity index (χ3v) is 7.34. The average molecular weight is 489 g/mol. The van der Waals surface area contributed by atoms with E-state index in [2.05, 4.69) is 11.4 Å². The topological polar surface area (TPSA) is 88.4 Å². The number of carbonyl (C=O) groups excluding carboxylic acids is 2. The number of hydrogen-bond acceptors (Lipinski definition) is 6. The van der Waals surface area contributed by atoms with Gasteiger partial charge in [0, 0.05) is 16.9 Å². The molecule has 1 N–H and O–H groups in total. The molecule has 3 aromatic rings. The van der Waals surface area contributed by atoms with Gasteiger partial charge in [-0.15, -0.1) is 11.3 Å². The highest BCUT2D eigenvalue weighted by Crippen LogP contribution is 2.45. The number of hydrogen-bond donors (Lipinski definition) is 1. The smallest absolute Gasteiger partial charge is 0.341 e. The van der Waals surface area contributed by atoms with Crippen molar-refractivity contribution in [1.29, 1.82) is 5.26 Å². The lowest BCUT2D eigenvalue weighted by molar-refractivity contribution is 0.0526. The summed E-state index contributed by atoms with van der Waals surface area (Å²) in [5.41, 5.74) is 2.04. The predicted octanol–water partition coefficient (Wildman–Crippen LogP) is 5.92. The van der Waals surface area contributed by atoms with E-state index in [1.807, 2.05) is 37.3 Å². The maximum Gasteiger partial charge on any atom is 0.341 e. The molecule has 1 heterocycles. The summed E-state index contributed by atoms with van der Waals surface area (Å²) >= 11 is 1.36. The van der Waals surface area contributed by atoms with Gasteiger partial charge in [0.25, 0.3) is 5.91 Å². The Kier molecular flexibility index (Phi) is 7.52. The second-order valence-corrected chi connectivity index (χ2v) is 9.60. The van der Waals surface area contributed by atoms with Crippen molar-refractivity contribution in [2.75, 3.05) is 18.5 Å².